The zero-order valence-electron chi connectivity index (χ0n) is 10.2. The normalized spacial score (nSPS) is 18.5. The molecule has 0 spiro atoms. The molecule has 2 rings (SSSR count). The molecule has 1 aromatic carbocycles. The van der Waals surface area contributed by atoms with E-state index in [1.807, 2.05) is 0 Å². The van der Waals surface area contributed by atoms with Crippen LogP contribution in [-0.4, -0.2) is 21.8 Å². The average Bonchev–Trinajstić information content (AvgIpc) is 2.27. The van der Waals surface area contributed by atoms with Crippen molar-refractivity contribution < 1.29 is 4.21 Å². The van der Waals surface area contributed by atoms with Gasteiger partial charge in [-0.25, -0.2) is 0 Å². The Bertz CT molecular complexity index is 520. The fraction of sp³-hybridized carbons (Fsp3) is 0.462. The van der Waals surface area contributed by atoms with E-state index in [0.717, 1.165) is 24.9 Å². The number of halogens is 1. The van der Waals surface area contributed by atoms with Crippen LogP contribution >= 0.6 is 11.6 Å². The molecule has 1 atom stereocenters. The lowest BCUT2D eigenvalue weighted by molar-refractivity contribution is 0.368. The van der Waals surface area contributed by atoms with Crippen LogP contribution in [0.1, 0.15) is 24.8 Å². The molecule has 1 fully saturated rings. The molecule has 0 aliphatic heterocycles. The van der Waals surface area contributed by atoms with Crippen molar-refractivity contribution in [1.29, 1.82) is 5.26 Å². The van der Waals surface area contributed by atoms with Gasteiger partial charge in [-0.3, -0.25) is 4.21 Å². The molecule has 1 aromatic rings. The van der Waals surface area contributed by atoms with Gasteiger partial charge in [0.05, 0.1) is 16.0 Å². The summed E-state index contributed by atoms with van der Waals surface area (Å²) in [6.07, 6.45) is 4.84. The van der Waals surface area contributed by atoms with Crippen molar-refractivity contribution in [2.45, 2.75) is 24.0 Å². The topological polar surface area (TPSA) is 52.9 Å². The molecule has 18 heavy (non-hydrogen) atoms. The third-order valence-corrected chi connectivity index (χ3v) is 5.58. The minimum absolute atomic E-state index is 0.130. The number of nitriles is 1. The van der Waals surface area contributed by atoms with Gasteiger partial charge >= 0.3 is 0 Å². The van der Waals surface area contributed by atoms with E-state index in [1.165, 1.54) is 0 Å². The van der Waals surface area contributed by atoms with Gasteiger partial charge in [0, 0.05) is 28.6 Å². The molecule has 3 nitrogen and oxygen atoms in total. The van der Waals surface area contributed by atoms with Gasteiger partial charge in [0.2, 0.25) is 0 Å². The van der Waals surface area contributed by atoms with Crippen LogP contribution in [0.4, 0.5) is 5.69 Å². The SMILES string of the molecule is CS(=O)C1(CNc2cc(Cl)ccc2C#N)CCC1. The van der Waals surface area contributed by atoms with Crippen LogP contribution in [0.3, 0.4) is 0 Å². The lowest BCUT2D eigenvalue weighted by atomic mass is 9.84. The maximum atomic E-state index is 11.8. The Morgan fingerprint density at radius 1 is 1.56 bits per heavy atom. The molecule has 96 valence electrons. The van der Waals surface area contributed by atoms with Crippen LogP contribution in [0.5, 0.6) is 0 Å². The molecule has 1 unspecified atom stereocenters. The average molecular weight is 283 g/mol. The molecule has 1 saturated carbocycles. The third-order valence-electron chi connectivity index (χ3n) is 3.58. The van der Waals surface area contributed by atoms with Crippen LogP contribution in [0.15, 0.2) is 18.2 Å². The number of nitrogens with one attached hydrogen (secondary N) is 1. The zero-order valence-corrected chi connectivity index (χ0v) is 11.8. The first-order valence-electron chi connectivity index (χ1n) is 5.84. The van der Waals surface area contributed by atoms with Crippen LogP contribution < -0.4 is 5.32 Å². The third kappa shape index (κ3) is 2.52. The van der Waals surface area contributed by atoms with Crippen molar-refractivity contribution in [3.63, 3.8) is 0 Å². The summed E-state index contributed by atoms with van der Waals surface area (Å²) in [4.78, 5) is 0. The summed E-state index contributed by atoms with van der Waals surface area (Å²) in [5.74, 6) is 0. The minimum Gasteiger partial charge on any atom is -0.382 e. The number of hydrogen-bond donors (Lipinski definition) is 1. The quantitative estimate of drug-likeness (QED) is 0.924. The Morgan fingerprint density at radius 3 is 2.78 bits per heavy atom. The molecular formula is C13H15ClN2OS. The van der Waals surface area contributed by atoms with Crippen LogP contribution in [0.25, 0.3) is 0 Å². The Kier molecular flexibility index (Phi) is 3.94. The second-order valence-corrected chi connectivity index (χ2v) is 6.86. The lowest BCUT2D eigenvalue weighted by Gasteiger charge is -2.40. The maximum absolute atomic E-state index is 11.8. The van der Waals surface area contributed by atoms with E-state index < -0.39 is 10.8 Å². The number of benzene rings is 1. The van der Waals surface area contributed by atoms with Gasteiger partial charge in [0.25, 0.3) is 0 Å². The molecular weight excluding hydrogens is 268 g/mol. The fourth-order valence-corrected chi connectivity index (χ4v) is 3.46. The van der Waals surface area contributed by atoms with E-state index in [0.29, 0.717) is 17.1 Å². The Labute approximate surface area is 115 Å². The van der Waals surface area contributed by atoms with Gasteiger partial charge in [-0.05, 0) is 31.0 Å². The van der Waals surface area contributed by atoms with Crippen molar-refractivity contribution in [3.05, 3.63) is 28.8 Å². The first-order valence-corrected chi connectivity index (χ1v) is 7.78. The highest BCUT2D eigenvalue weighted by Gasteiger charge is 2.40. The number of anilines is 1. The monoisotopic (exact) mass is 282 g/mol. The maximum Gasteiger partial charge on any atom is 0.101 e. The largest absolute Gasteiger partial charge is 0.382 e. The van der Waals surface area contributed by atoms with E-state index >= 15 is 0 Å². The Hall–Kier alpha value is -1.05. The molecule has 0 amide bonds. The molecule has 0 radical (unpaired) electrons. The van der Waals surface area contributed by atoms with Crippen LogP contribution in [-0.2, 0) is 10.8 Å². The second kappa shape index (κ2) is 5.29. The number of nitrogens with zero attached hydrogens (tertiary/aromatic N) is 1. The lowest BCUT2D eigenvalue weighted by Crippen LogP contribution is -2.47. The fourth-order valence-electron chi connectivity index (χ4n) is 2.15. The van der Waals surface area contributed by atoms with Crippen molar-refractivity contribution in [2.24, 2.45) is 0 Å². The van der Waals surface area contributed by atoms with Crippen molar-refractivity contribution in [2.75, 3.05) is 18.1 Å². The highest BCUT2D eigenvalue weighted by atomic mass is 35.5. The van der Waals surface area contributed by atoms with Gasteiger partial charge in [0.15, 0.2) is 0 Å². The van der Waals surface area contributed by atoms with Crippen LogP contribution in [0, 0.1) is 11.3 Å². The highest BCUT2D eigenvalue weighted by Crippen LogP contribution is 2.37. The predicted octanol–water partition coefficient (Wildman–Crippen LogP) is 2.92. The molecule has 0 aromatic heterocycles. The minimum atomic E-state index is -0.848. The summed E-state index contributed by atoms with van der Waals surface area (Å²) in [7, 11) is -0.848. The standard InChI is InChI=1S/C13H15ClN2OS/c1-18(17)13(5-2-6-13)9-16-12-7-11(14)4-3-10(12)8-15/h3-4,7,16H,2,5-6,9H2,1H3. The Morgan fingerprint density at radius 2 is 2.28 bits per heavy atom. The van der Waals surface area contributed by atoms with Crippen LogP contribution in [0.2, 0.25) is 5.02 Å². The van der Waals surface area contributed by atoms with Crippen molar-refractivity contribution in [3.8, 4) is 6.07 Å². The smallest absolute Gasteiger partial charge is 0.101 e. The first-order chi connectivity index (χ1) is 8.57. The molecule has 0 saturated heterocycles. The summed E-state index contributed by atoms with van der Waals surface area (Å²) < 4.78 is 11.6. The molecule has 5 heteroatoms. The van der Waals surface area contributed by atoms with E-state index in [4.69, 9.17) is 16.9 Å². The Balaban J connectivity index is 2.13. The molecule has 1 aliphatic rings. The predicted molar refractivity (Wildman–Crippen MR) is 75.3 cm³/mol. The summed E-state index contributed by atoms with van der Waals surface area (Å²) in [6, 6.07) is 7.26. The first kappa shape index (κ1) is 13.4. The van der Waals surface area contributed by atoms with Gasteiger partial charge < -0.3 is 5.32 Å². The van der Waals surface area contributed by atoms with Gasteiger partial charge in [-0.1, -0.05) is 18.0 Å². The summed E-state index contributed by atoms with van der Waals surface area (Å²) >= 11 is 5.92. The molecule has 1 aliphatic carbocycles. The van der Waals surface area contributed by atoms with Gasteiger partial charge in [-0.15, -0.1) is 0 Å². The summed E-state index contributed by atoms with van der Waals surface area (Å²) in [5, 5.41) is 12.8. The second-order valence-electron chi connectivity index (χ2n) is 4.65. The van der Waals surface area contributed by atoms with Crippen molar-refractivity contribution >= 4 is 28.1 Å². The zero-order chi connectivity index (χ0) is 13.2. The van der Waals surface area contributed by atoms with E-state index in [9.17, 15) is 4.21 Å². The number of rotatable bonds is 4. The molecule has 0 heterocycles. The van der Waals surface area contributed by atoms with Crippen molar-refractivity contribution in [1.82, 2.24) is 0 Å². The van der Waals surface area contributed by atoms with E-state index in [-0.39, 0.29) is 4.75 Å². The van der Waals surface area contributed by atoms with Gasteiger partial charge in [0.1, 0.15) is 6.07 Å². The molecule has 0 bridgehead atoms. The summed E-state index contributed by atoms with van der Waals surface area (Å²) in [6.45, 7) is 0.630. The number of hydrogen-bond acceptors (Lipinski definition) is 3. The van der Waals surface area contributed by atoms with E-state index in [2.05, 4.69) is 11.4 Å². The summed E-state index contributed by atoms with van der Waals surface area (Å²) in [5.41, 5.74) is 1.29. The van der Waals surface area contributed by atoms with Gasteiger partial charge in [-0.2, -0.15) is 5.26 Å². The van der Waals surface area contributed by atoms with E-state index in [1.54, 1.807) is 24.5 Å². The highest BCUT2D eigenvalue weighted by molar-refractivity contribution is 7.85. The molecule has 1 N–H and O–H groups in total.